The Balaban J connectivity index is 1.81. The van der Waals surface area contributed by atoms with Crippen molar-refractivity contribution in [2.24, 2.45) is 0 Å². The predicted octanol–water partition coefficient (Wildman–Crippen LogP) is 3.10. The molecule has 0 saturated carbocycles. The number of carbonyl (C=O) groups is 1. The Morgan fingerprint density at radius 2 is 1.52 bits per heavy atom. The van der Waals surface area contributed by atoms with E-state index < -0.39 is 31.4 Å². The van der Waals surface area contributed by atoms with Gasteiger partial charge in [-0.05, 0) is 47.5 Å². The lowest BCUT2D eigenvalue weighted by molar-refractivity contribution is -0.384. The van der Waals surface area contributed by atoms with Crippen molar-refractivity contribution in [2.75, 3.05) is 5.73 Å². The SMILES string of the molecule is Nc1ccc(S(=O)(=O)NC(=O)c2ccc(-c3ccc(F)cc3)cc2)cc1[N+](=O)[O-]. The maximum Gasteiger partial charge on any atom is 0.293 e. The van der Waals surface area contributed by atoms with Crippen LogP contribution in [0, 0.1) is 15.9 Å². The maximum atomic E-state index is 13.0. The average molecular weight is 415 g/mol. The Bertz CT molecular complexity index is 1190. The van der Waals surface area contributed by atoms with Crippen molar-refractivity contribution in [1.29, 1.82) is 0 Å². The van der Waals surface area contributed by atoms with E-state index in [0.29, 0.717) is 5.56 Å². The number of halogens is 1. The van der Waals surface area contributed by atoms with Crippen LogP contribution in [0.25, 0.3) is 11.1 Å². The first-order valence-electron chi connectivity index (χ1n) is 8.14. The highest BCUT2D eigenvalue weighted by Gasteiger charge is 2.23. The normalized spacial score (nSPS) is 11.1. The molecule has 0 heterocycles. The Morgan fingerprint density at radius 1 is 0.966 bits per heavy atom. The molecule has 29 heavy (non-hydrogen) atoms. The van der Waals surface area contributed by atoms with E-state index in [9.17, 15) is 27.7 Å². The van der Waals surface area contributed by atoms with Crippen molar-refractivity contribution in [3.63, 3.8) is 0 Å². The molecule has 0 atom stereocenters. The van der Waals surface area contributed by atoms with E-state index in [-0.39, 0.29) is 17.1 Å². The monoisotopic (exact) mass is 415 g/mol. The minimum atomic E-state index is -4.35. The third-order valence-electron chi connectivity index (χ3n) is 4.06. The van der Waals surface area contributed by atoms with Gasteiger partial charge in [-0.25, -0.2) is 17.5 Å². The number of anilines is 1. The maximum absolute atomic E-state index is 13.0. The number of hydrogen-bond donors (Lipinski definition) is 2. The summed E-state index contributed by atoms with van der Waals surface area (Å²) in [6, 6.07) is 14.7. The minimum Gasteiger partial charge on any atom is -0.393 e. The predicted molar refractivity (Wildman–Crippen MR) is 104 cm³/mol. The van der Waals surface area contributed by atoms with Crippen LogP contribution in [0.3, 0.4) is 0 Å². The first kappa shape index (κ1) is 20.0. The summed E-state index contributed by atoms with van der Waals surface area (Å²) in [5.74, 6) is -1.28. The number of carbonyl (C=O) groups excluding carboxylic acids is 1. The summed E-state index contributed by atoms with van der Waals surface area (Å²) in [5, 5.41) is 10.9. The Morgan fingerprint density at radius 3 is 2.07 bits per heavy atom. The van der Waals surface area contributed by atoms with E-state index in [2.05, 4.69) is 0 Å². The number of benzene rings is 3. The number of nitrogens with zero attached hydrogens (tertiary/aromatic N) is 1. The van der Waals surface area contributed by atoms with E-state index in [4.69, 9.17) is 5.73 Å². The highest BCUT2D eigenvalue weighted by atomic mass is 32.2. The van der Waals surface area contributed by atoms with Gasteiger partial charge in [0.05, 0.1) is 9.82 Å². The Labute approximate surface area is 165 Å². The molecular formula is C19H14FN3O5S. The molecule has 3 aromatic rings. The molecule has 3 aromatic carbocycles. The summed E-state index contributed by atoms with van der Waals surface area (Å²) in [5.41, 5.74) is 6.16. The summed E-state index contributed by atoms with van der Waals surface area (Å²) in [6.45, 7) is 0. The number of sulfonamides is 1. The van der Waals surface area contributed by atoms with Crippen LogP contribution in [-0.4, -0.2) is 19.2 Å². The van der Waals surface area contributed by atoms with Gasteiger partial charge in [0.25, 0.3) is 21.6 Å². The number of nitro groups is 1. The molecular weight excluding hydrogens is 401 g/mol. The second kappa shape index (κ2) is 7.68. The molecule has 1 amide bonds. The fourth-order valence-electron chi connectivity index (χ4n) is 2.55. The van der Waals surface area contributed by atoms with Gasteiger partial charge in [-0.3, -0.25) is 14.9 Å². The minimum absolute atomic E-state index is 0.0596. The fourth-order valence-corrected chi connectivity index (χ4v) is 3.54. The van der Waals surface area contributed by atoms with Gasteiger partial charge in [0.1, 0.15) is 11.5 Å². The summed E-state index contributed by atoms with van der Waals surface area (Å²) in [6.07, 6.45) is 0. The van der Waals surface area contributed by atoms with E-state index in [0.717, 1.165) is 23.8 Å². The van der Waals surface area contributed by atoms with Crippen molar-refractivity contribution in [2.45, 2.75) is 4.90 Å². The van der Waals surface area contributed by atoms with Crippen molar-refractivity contribution in [3.05, 3.63) is 88.2 Å². The standard InChI is InChI=1S/C19H14FN3O5S/c20-15-7-5-13(6-8-15)12-1-3-14(4-2-12)19(24)22-29(27,28)16-9-10-17(21)18(11-16)23(25)26/h1-11H,21H2,(H,22,24). The number of nitrogen functional groups attached to an aromatic ring is 1. The van der Waals surface area contributed by atoms with Crippen LogP contribution >= 0.6 is 0 Å². The zero-order valence-electron chi connectivity index (χ0n) is 14.7. The molecule has 0 saturated heterocycles. The molecule has 10 heteroatoms. The highest BCUT2D eigenvalue weighted by Crippen LogP contribution is 2.25. The van der Waals surface area contributed by atoms with Crippen LogP contribution in [0.2, 0.25) is 0 Å². The van der Waals surface area contributed by atoms with E-state index in [1.807, 2.05) is 4.72 Å². The molecule has 0 aliphatic carbocycles. The molecule has 0 aromatic heterocycles. The molecule has 3 N–H and O–H groups in total. The molecule has 0 bridgehead atoms. The Hall–Kier alpha value is -3.79. The van der Waals surface area contributed by atoms with Gasteiger partial charge >= 0.3 is 0 Å². The van der Waals surface area contributed by atoms with Gasteiger partial charge in [0.15, 0.2) is 0 Å². The third kappa shape index (κ3) is 4.38. The number of rotatable bonds is 5. The second-order valence-corrected chi connectivity index (χ2v) is 7.68. The van der Waals surface area contributed by atoms with Crippen LogP contribution in [0.4, 0.5) is 15.8 Å². The van der Waals surface area contributed by atoms with Crippen molar-refractivity contribution in [3.8, 4) is 11.1 Å². The average Bonchev–Trinajstić information content (AvgIpc) is 2.68. The summed E-state index contributed by atoms with van der Waals surface area (Å²) in [4.78, 5) is 22.0. The quantitative estimate of drug-likeness (QED) is 0.374. The van der Waals surface area contributed by atoms with Crippen LogP contribution < -0.4 is 10.5 Å². The van der Waals surface area contributed by atoms with Crippen LogP contribution in [0.15, 0.2) is 71.6 Å². The van der Waals surface area contributed by atoms with Gasteiger partial charge in [-0.1, -0.05) is 24.3 Å². The topological polar surface area (TPSA) is 132 Å². The number of hydrogen-bond acceptors (Lipinski definition) is 6. The highest BCUT2D eigenvalue weighted by molar-refractivity contribution is 7.90. The lowest BCUT2D eigenvalue weighted by atomic mass is 10.0. The molecule has 0 spiro atoms. The lowest BCUT2D eigenvalue weighted by Crippen LogP contribution is -2.30. The van der Waals surface area contributed by atoms with Crippen LogP contribution in [0.5, 0.6) is 0 Å². The van der Waals surface area contributed by atoms with Crippen molar-refractivity contribution >= 4 is 27.3 Å². The van der Waals surface area contributed by atoms with E-state index in [1.165, 1.54) is 24.3 Å². The number of nitrogens with two attached hydrogens (primary N) is 1. The first-order valence-corrected chi connectivity index (χ1v) is 9.63. The van der Waals surface area contributed by atoms with Gasteiger partial charge in [0, 0.05) is 11.6 Å². The molecule has 0 unspecified atom stereocenters. The molecule has 0 radical (unpaired) electrons. The van der Waals surface area contributed by atoms with Crippen LogP contribution in [0.1, 0.15) is 10.4 Å². The third-order valence-corrected chi connectivity index (χ3v) is 5.39. The second-order valence-electron chi connectivity index (χ2n) is 6.00. The fraction of sp³-hybridized carbons (Fsp3) is 0. The van der Waals surface area contributed by atoms with E-state index >= 15 is 0 Å². The van der Waals surface area contributed by atoms with Gasteiger partial charge in [-0.2, -0.15) is 0 Å². The lowest BCUT2D eigenvalue weighted by Gasteiger charge is -2.08. The summed E-state index contributed by atoms with van der Waals surface area (Å²) >= 11 is 0. The van der Waals surface area contributed by atoms with Gasteiger partial charge in [0.2, 0.25) is 0 Å². The molecule has 3 rings (SSSR count). The summed E-state index contributed by atoms with van der Waals surface area (Å²) in [7, 11) is -4.35. The summed E-state index contributed by atoms with van der Waals surface area (Å²) < 4.78 is 39.7. The Kier molecular flexibility index (Phi) is 5.29. The van der Waals surface area contributed by atoms with Gasteiger partial charge < -0.3 is 5.73 Å². The van der Waals surface area contributed by atoms with Crippen molar-refractivity contribution in [1.82, 2.24) is 4.72 Å². The largest absolute Gasteiger partial charge is 0.393 e. The van der Waals surface area contributed by atoms with Crippen molar-refractivity contribution < 1.29 is 22.5 Å². The molecule has 0 aliphatic heterocycles. The smallest absolute Gasteiger partial charge is 0.293 e. The molecule has 148 valence electrons. The first-order chi connectivity index (χ1) is 13.7. The molecule has 0 aliphatic rings. The van der Waals surface area contributed by atoms with Crippen LogP contribution in [-0.2, 0) is 10.0 Å². The zero-order valence-corrected chi connectivity index (χ0v) is 15.5. The van der Waals surface area contributed by atoms with E-state index in [1.54, 1.807) is 24.3 Å². The zero-order chi connectivity index (χ0) is 21.2. The molecule has 0 fully saturated rings. The number of amides is 1. The van der Waals surface area contributed by atoms with Gasteiger partial charge in [-0.15, -0.1) is 0 Å². The molecule has 8 nitrogen and oxygen atoms in total. The number of nitrogens with one attached hydrogen (secondary N) is 1. The number of nitro benzene ring substituents is 1.